The second kappa shape index (κ2) is 11.9. The van der Waals surface area contributed by atoms with Crippen LogP contribution in [-0.2, 0) is 4.79 Å². The molecule has 0 spiro atoms. The minimum absolute atomic E-state index is 0.0293. The van der Waals surface area contributed by atoms with E-state index >= 15 is 0 Å². The van der Waals surface area contributed by atoms with Crippen molar-refractivity contribution in [2.45, 2.75) is 17.7 Å². The Kier molecular flexibility index (Phi) is 8.64. The van der Waals surface area contributed by atoms with E-state index in [0.717, 1.165) is 68.2 Å². The van der Waals surface area contributed by atoms with E-state index in [4.69, 9.17) is 21.1 Å². The summed E-state index contributed by atoms with van der Waals surface area (Å²) >= 11 is 7.78. The third-order valence-corrected chi connectivity index (χ3v) is 7.64. The molecule has 2 aliphatic heterocycles. The summed E-state index contributed by atoms with van der Waals surface area (Å²) in [7, 11) is 3.33. The van der Waals surface area contributed by atoms with Crippen molar-refractivity contribution < 1.29 is 14.3 Å². The van der Waals surface area contributed by atoms with Crippen molar-refractivity contribution in [1.29, 1.82) is 0 Å². The molecule has 1 saturated heterocycles. The van der Waals surface area contributed by atoms with Crippen LogP contribution in [0.15, 0.2) is 46.9 Å². The van der Waals surface area contributed by atoms with Gasteiger partial charge in [0, 0.05) is 65.7 Å². The molecule has 182 valence electrons. The number of fused-ring (bicyclic) bond motifs is 1. The third kappa shape index (κ3) is 6.20. The van der Waals surface area contributed by atoms with Gasteiger partial charge in [-0.2, -0.15) is 0 Å². The van der Waals surface area contributed by atoms with E-state index in [2.05, 4.69) is 21.2 Å². The van der Waals surface area contributed by atoms with Gasteiger partial charge in [-0.15, -0.1) is 11.8 Å². The highest BCUT2D eigenvalue weighted by Gasteiger charge is 2.19. The van der Waals surface area contributed by atoms with Crippen LogP contribution in [0.5, 0.6) is 11.5 Å². The molecule has 0 radical (unpaired) electrons. The van der Waals surface area contributed by atoms with Crippen molar-refractivity contribution in [3.63, 3.8) is 0 Å². The molecular weight excluding hydrogens is 470 g/mol. The molecule has 2 aliphatic rings. The number of hydrogen-bond acceptors (Lipinski definition) is 6. The summed E-state index contributed by atoms with van der Waals surface area (Å²) in [6.07, 6.45) is 4.01. The van der Waals surface area contributed by atoms with Crippen LogP contribution in [0.4, 0.5) is 5.69 Å². The van der Waals surface area contributed by atoms with Gasteiger partial charge in [0.15, 0.2) is 11.5 Å². The number of nitrogens with zero attached hydrogens (tertiary/aromatic N) is 2. The zero-order valence-corrected chi connectivity index (χ0v) is 21.4. The molecule has 0 saturated carbocycles. The molecule has 2 heterocycles. The lowest BCUT2D eigenvalue weighted by atomic mass is 10.1. The molecule has 2 aromatic rings. The number of anilines is 1. The van der Waals surface area contributed by atoms with Crippen molar-refractivity contribution in [1.82, 2.24) is 10.2 Å². The summed E-state index contributed by atoms with van der Waals surface area (Å²) in [5, 5.41) is 3.78. The van der Waals surface area contributed by atoms with Gasteiger partial charge in [-0.1, -0.05) is 11.6 Å². The lowest BCUT2D eigenvalue weighted by molar-refractivity contribution is -0.117. The lowest BCUT2D eigenvalue weighted by Gasteiger charge is -2.36. The molecular formula is C26H32ClN3O3S. The molecule has 0 atom stereocenters. The summed E-state index contributed by atoms with van der Waals surface area (Å²) in [5.74, 6) is 2.25. The van der Waals surface area contributed by atoms with Crippen LogP contribution in [0.2, 0.25) is 5.02 Å². The third-order valence-electron chi connectivity index (χ3n) is 6.27. The molecule has 0 aliphatic carbocycles. The first-order chi connectivity index (χ1) is 16.6. The highest BCUT2D eigenvalue weighted by atomic mass is 35.5. The van der Waals surface area contributed by atoms with Crippen LogP contribution < -0.4 is 19.7 Å². The van der Waals surface area contributed by atoms with Gasteiger partial charge < -0.3 is 19.7 Å². The number of benzene rings is 2. The van der Waals surface area contributed by atoms with Crippen LogP contribution in [0, 0.1) is 0 Å². The Bertz CT molecular complexity index is 1040. The Morgan fingerprint density at radius 3 is 2.59 bits per heavy atom. The Morgan fingerprint density at radius 2 is 1.82 bits per heavy atom. The van der Waals surface area contributed by atoms with E-state index < -0.39 is 0 Å². The maximum atomic E-state index is 12.6. The van der Waals surface area contributed by atoms with Crippen LogP contribution in [-0.4, -0.2) is 70.0 Å². The number of thioether (sulfide) groups is 1. The zero-order chi connectivity index (χ0) is 23.9. The summed E-state index contributed by atoms with van der Waals surface area (Å²) in [5.41, 5.74) is 3.01. The van der Waals surface area contributed by atoms with Gasteiger partial charge in [-0.3, -0.25) is 9.69 Å². The summed E-state index contributed by atoms with van der Waals surface area (Å²) in [4.78, 5) is 18.6. The molecule has 0 unspecified atom stereocenters. The van der Waals surface area contributed by atoms with Crippen molar-refractivity contribution in [3.8, 4) is 11.5 Å². The minimum atomic E-state index is 0.0293. The predicted molar refractivity (Wildman–Crippen MR) is 141 cm³/mol. The highest BCUT2D eigenvalue weighted by Crippen LogP contribution is 2.34. The average molecular weight is 502 g/mol. The van der Waals surface area contributed by atoms with Gasteiger partial charge >= 0.3 is 0 Å². The maximum Gasteiger partial charge on any atom is 0.248 e. The molecule has 8 heteroatoms. The number of halogens is 1. The van der Waals surface area contributed by atoms with E-state index in [-0.39, 0.29) is 5.91 Å². The number of methoxy groups -OCH3 is 2. The number of hydrogen-bond donors (Lipinski definition) is 1. The van der Waals surface area contributed by atoms with E-state index in [1.165, 1.54) is 10.6 Å². The van der Waals surface area contributed by atoms with Crippen molar-refractivity contribution in [3.05, 3.63) is 52.6 Å². The highest BCUT2D eigenvalue weighted by molar-refractivity contribution is 7.99. The summed E-state index contributed by atoms with van der Waals surface area (Å²) in [6.45, 7) is 5.81. The molecule has 1 amide bonds. The van der Waals surface area contributed by atoms with Gasteiger partial charge in [0.1, 0.15) is 0 Å². The molecule has 4 rings (SSSR count). The standard InChI is InChI=1S/C26H32ClN3O3S/c1-32-23-7-6-22(17-24(23)33-2)30-13-11-29(12-14-30)10-4-3-9-28-26(31)20-15-19-16-21(27)5-8-25(19)34-18-20/h5-8,15-17H,3-4,9-14,18H2,1-2H3,(H,28,31). The predicted octanol–water partition coefficient (Wildman–Crippen LogP) is 4.56. The number of rotatable bonds is 9. The number of unbranched alkanes of at least 4 members (excludes halogenated alkanes) is 1. The number of carbonyl (C=O) groups is 1. The summed E-state index contributed by atoms with van der Waals surface area (Å²) < 4.78 is 10.8. The van der Waals surface area contributed by atoms with E-state index in [0.29, 0.717) is 17.3 Å². The van der Waals surface area contributed by atoms with Gasteiger partial charge in [-0.25, -0.2) is 0 Å². The largest absolute Gasteiger partial charge is 0.493 e. The second-order valence-electron chi connectivity index (χ2n) is 8.47. The number of amides is 1. The molecule has 2 aromatic carbocycles. The van der Waals surface area contributed by atoms with Gasteiger partial charge in [0.2, 0.25) is 5.91 Å². The normalized spacial score (nSPS) is 16.0. The average Bonchev–Trinajstić information content (AvgIpc) is 2.87. The van der Waals surface area contributed by atoms with Gasteiger partial charge in [0.05, 0.1) is 14.2 Å². The monoisotopic (exact) mass is 501 g/mol. The minimum Gasteiger partial charge on any atom is -0.493 e. The van der Waals surface area contributed by atoms with Crippen LogP contribution in [0.25, 0.3) is 6.08 Å². The van der Waals surface area contributed by atoms with Crippen molar-refractivity contribution >= 4 is 41.0 Å². The van der Waals surface area contributed by atoms with E-state index in [1.54, 1.807) is 26.0 Å². The molecule has 34 heavy (non-hydrogen) atoms. The van der Waals surface area contributed by atoms with Crippen LogP contribution in [0.1, 0.15) is 18.4 Å². The van der Waals surface area contributed by atoms with E-state index in [9.17, 15) is 4.79 Å². The molecule has 0 aromatic heterocycles. The van der Waals surface area contributed by atoms with Crippen LogP contribution >= 0.6 is 23.4 Å². The molecule has 6 nitrogen and oxygen atoms in total. The van der Waals surface area contributed by atoms with Crippen molar-refractivity contribution in [2.75, 3.05) is 64.1 Å². The van der Waals surface area contributed by atoms with Gasteiger partial charge in [0.25, 0.3) is 0 Å². The maximum absolute atomic E-state index is 12.6. The summed E-state index contributed by atoms with van der Waals surface area (Å²) in [6, 6.07) is 11.9. The first kappa shape index (κ1) is 24.8. The number of ether oxygens (including phenoxy) is 2. The smallest absolute Gasteiger partial charge is 0.248 e. The second-order valence-corrected chi connectivity index (χ2v) is 9.92. The molecule has 0 bridgehead atoms. The number of piperazine rings is 1. The van der Waals surface area contributed by atoms with Gasteiger partial charge in [-0.05, 0) is 61.4 Å². The van der Waals surface area contributed by atoms with Crippen LogP contribution in [0.3, 0.4) is 0 Å². The number of nitrogens with one attached hydrogen (secondary N) is 1. The fraction of sp³-hybridized carbons (Fsp3) is 0.423. The Labute approximate surface area is 211 Å². The first-order valence-corrected chi connectivity index (χ1v) is 13.0. The quantitative estimate of drug-likeness (QED) is 0.508. The number of carbonyl (C=O) groups excluding carboxylic acids is 1. The Balaban J connectivity index is 1.15. The Hall–Kier alpha value is -2.35. The Morgan fingerprint density at radius 1 is 1.03 bits per heavy atom. The fourth-order valence-corrected chi connectivity index (χ4v) is 5.46. The van der Waals surface area contributed by atoms with Crippen molar-refractivity contribution in [2.24, 2.45) is 0 Å². The first-order valence-electron chi connectivity index (χ1n) is 11.7. The topological polar surface area (TPSA) is 54.0 Å². The molecule has 1 fully saturated rings. The lowest BCUT2D eigenvalue weighted by Crippen LogP contribution is -2.46. The fourth-order valence-electron chi connectivity index (χ4n) is 4.31. The molecule has 1 N–H and O–H groups in total. The van der Waals surface area contributed by atoms with E-state index in [1.807, 2.05) is 36.4 Å². The SMILES string of the molecule is COc1ccc(N2CCN(CCCCNC(=O)C3=Cc4cc(Cl)ccc4SC3)CC2)cc1OC. The zero-order valence-electron chi connectivity index (χ0n) is 19.8.